The van der Waals surface area contributed by atoms with E-state index in [0.717, 1.165) is 0 Å². The normalized spacial score (nSPS) is 16.2. The zero-order chi connectivity index (χ0) is 21.7. The molecule has 1 aliphatic heterocycles. The van der Waals surface area contributed by atoms with Crippen LogP contribution in [0.3, 0.4) is 0 Å². The SMILES string of the molecule is CCCCCCCCCCCC1N(CCCCC)C=CN1CCCCCCCCC. The molecule has 1 atom stereocenters. The van der Waals surface area contributed by atoms with Gasteiger partial charge in [-0.1, -0.05) is 124 Å². The lowest BCUT2D eigenvalue weighted by molar-refractivity contribution is 0.135. The lowest BCUT2D eigenvalue weighted by Gasteiger charge is -2.33. The van der Waals surface area contributed by atoms with Crippen molar-refractivity contribution in [3.63, 3.8) is 0 Å². The van der Waals surface area contributed by atoms with E-state index in [-0.39, 0.29) is 0 Å². The van der Waals surface area contributed by atoms with Crippen LogP contribution in [0.4, 0.5) is 0 Å². The number of rotatable bonds is 22. The minimum Gasteiger partial charge on any atom is -0.356 e. The van der Waals surface area contributed by atoms with E-state index in [1.165, 1.54) is 142 Å². The predicted octanol–water partition coefficient (Wildman–Crippen LogP) is 9.26. The van der Waals surface area contributed by atoms with Crippen molar-refractivity contribution in [1.29, 1.82) is 0 Å². The lowest BCUT2D eigenvalue weighted by atomic mass is 10.1. The first-order valence-electron chi connectivity index (χ1n) is 14.0. The molecular weight excluding hydrogens is 364 g/mol. The first kappa shape index (κ1) is 27.4. The second-order valence-electron chi connectivity index (χ2n) is 9.70. The molecule has 0 aliphatic carbocycles. The molecule has 0 bridgehead atoms. The molecular formula is C28H56N2. The summed E-state index contributed by atoms with van der Waals surface area (Å²) in [7, 11) is 0. The number of nitrogens with zero attached hydrogens (tertiary/aromatic N) is 2. The van der Waals surface area contributed by atoms with Gasteiger partial charge in [-0.2, -0.15) is 0 Å². The van der Waals surface area contributed by atoms with E-state index in [9.17, 15) is 0 Å². The first-order valence-corrected chi connectivity index (χ1v) is 14.0. The van der Waals surface area contributed by atoms with Crippen LogP contribution < -0.4 is 0 Å². The molecule has 0 aromatic rings. The molecule has 0 fully saturated rings. The molecule has 0 saturated heterocycles. The molecule has 2 nitrogen and oxygen atoms in total. The third-order valence-corrected chi connectivity index (χ3v) is 6.82. The van der Waals surface area contributed by atoms with Gasteiger partial charge in [0.2, 0.25) is 0 Å². The fourth-order valence-corrected chi connectivity index (χ4v) is 4.77. The highest BCUT2D eigenvalue weighted by Crippen LogP contribution is 2.23. The van der Waals surface area contributed by atoms with Crippen LogP contribution in [0.25, 0.3) is 0 Å². The minimum absolute atomic E-state index is 0.645. The molecule has 178 valence electrons. The smallest absolute Gasteiger partial charge is 0.101 e. The Kier molecular flexibility index (Phi) is 18.5. The van der Waals surface area contributed by atoms with Crippen molar-refractivity contribution in [2.45, 2.75) is 155 Å². The second kappa shape index (κ2) is 20.3. The van der Waals surface area contributed by atoms with Crippen molar-refractivity contribution >= 4 is 0 Å². The highest BCUT2D eigenvalue weighted by atomic mass is 15.4. The molecule has 30 heavy (non-hydrogen) atoms. The van der Waals surface area contributed by atoms with E-state index in [0.29, 0.717) is 6.17 Å². The fraction of sp³-hybridized carbons (Fsp3) is 0.929. The van der Waals surface area contributed by atoms with E-state index in [4.69, 9.17) is 0 Å². The van der Waals surface area contributed by atoms with E-state index in [1.54, 1.807) is 0 Å². The Balaban J connectivity index is 2.23. The van der Waals surface area contributed by atoms with Crippen LogP contribution in [0.5, 0.6) is 0 Å². The van der Waals surface area contributed by atoms with Crippen LogP contribution >= 0.6 is 0 Å². The summed E-state index contributed by atoms with van der Waals surface area (Å²) in [6.07, 6.45) is 33.6. The number of unbranched alkanes of at least 4 members (excludes halogenated alkanes) is 16. The Morgan fingerprint density at radius 1 is 0.433 bits per heavy atom. The monoisotopic (exact) mass is 420 g/mol. The summed E-state index contributed by atoms with van der Waals surface area (Å²) in [5.74, 6) is 0. The molecule has 0 spiro atoms. The van der Waals surface area contributed by atoms with Gasteiger partial charge in [0.05, 0.1) is 0 Å². The van der Waals surface area contributed by atoms with Crippen LogP contribution in [0.2, 0.25) is 0 Å². The molecule has 0 saturated carbocycles. The maximum atomic E-state index is 2.67. The van der Waals surface area contributed by atoms with Gasteiger partial charge in [-0.3, -0.25) is 0 Å². The summed E-state index contributed by atoms with van der Waals surface area (Å²) in [5, 5.41) is 0. The Labute approximate surface area is 190 Å². The summed E-state index contributed by atoms with van der Waals surface area (Å²) in [6, 6.07) is 0. The third kappa shape index (κ3) is 13.6. The Hall–Kier alpha value is -0.660. The highest BCUT2D eigenvalue weighted by molar-refractivity contribution is 4.96. The quantitative estimate of drug-likeness (QED) is 0.161. The van der Waals surface area contributed by atoms with Gasteiger partial charge in [0.1, 0.15) is 6.17 Å². The molecule has 2 heteroatoms. The summed E-state index contributed by atoms with van der Waals surface area (Å²) in [6.45, 7) is 9.43. The zero-order valence-electron chi connectivity index (χ0n) is 21.2. The molecule has 1 heterocycles. The summed E-state index contributed by atoms with van der Waals surface area (Å²) < 4.78 is 0. The zero-order valence-corrected chi connectivity index (χ0v) is 21.2. The van der Waals surface area contributed by atoms with Gasteiger partial charge in [-0.05, 0) is 25.7 Å². The summed E-state index contributed by atoms with van der Waals surface area (Å²) in [5.41, 5.74) is 0. The van der Waals surface area contributed by atoms with Gasteiger partial charge in [0.25, 0.3) is 0 Å². The minimum atomic E-state index is 0.645. The predicted molar refractivity (Wildman–Crippen MR) is 136 cm³/mol. The molecule has 1 aliphatic rings. The van der Waals surface area contributed by atoms with E-state index < -0.39 is 0 Å². The fourth-order valence-electron chi connectivity index (χ4n) is 4.77. The van der Waals surface area contributed by atoms with Crippen LogP contribution in [0.15, 0.2) is 12.4 Å². The topological polar surface area (TPSA) is 6.48 Å². The van der Waals surface area contributed by atoms with Crippen molar-refractivity contribution in [1.82, 2.24) is 9.80 Å². The Bertz CT molecular complexity index is 379. The molecule has 1 rings (SSSR count). The maximum Gasteiger partial charge on any atom is 0.101 e. The second-order valence-corrected chi connectivity index (χ2v) is 9.70. The van der Waals surface area contributed by atoms with Crippen LogP contribution in [-0.2, 0) is 0 Å². The molecule has 0 amide bonds. The van der Waals surface area contributed by atoms with Gasteiger partial charge < -0.3 is 9.80 Å². The van der Waals surface area contributed by atoms with Crippen molar-refractivity contribution in [3.8, 4) is 0 Å². The molecule has 0 radical (unpaired) electrons. The third-order valence-electron chi connectivity index (χ3n) is 6.82. The van der Waals surface area contributed by atoms with Crippen molar-refractivity contribution in [3.05, 3.63) is 12.4 Å². The van der Waals surface area contributed by atoms with Crippen molar-refractivity contribution in [2.24, 2.45) is 0 Å². The lowest BCUT2D eigenvalue weighted by Crippen LogP contribution is -2.39. The molecule has 0 aromatic heterocycles. The van der Waals surface area contributed by atoms with Gasteiger partial charge in [0, 0.05) is 25.5 Å². The number of hydrogen-bond acceptors (Lipinski definition) is 2. The average Bonchev–Trinajstić information content (AvgIpc) is 3.13. The average molecular weight is 421 g/mol. The van der Waals surface area contributed by atoms with Crippen LogP contribution in [-0.4, -0.2) is 29.1 Å². The number of hydrogen-bond donors (Lipinski definition) is 0. The van der Waals surface area contributed by atoms with Crippen molar-refractivity contribution < 1.29 is 0 Å². The summed E-state index contributed by atoms with van der Waals surface area (Å²) >= 11 is 0. The van der Waals surface area contributed by atoms with Gasteiger partial charge in [0.15, 0.2) is 0 Å². The Morgan fingerprint density at radius 2 is 0.767 bits per heavy atom. The van der Waals surface area contributed by atoms with Gasteiger partial charge in [-0.15, -0.1) is 0 Å². The molecule has 0 aromatic carbocycles. The summed E-state index contributed by atoms with van der Waals surface area (Å²) in [4.78, 5) is 5.32. The standard InChI is InChI=1S/C28H56N2/c1-4-7-10-12-14-15-16-18-20-23-28-29(24-21-9-6-3)26-27-30(28)25-22-19-17-13-11-8-5-2/h26-28H,4-25H2,1-3H3. The molecule has 1 unspecified atom stereocenters. The van der Waals surface area contributed by atoms with E-state index >= 15 is 0 Å². The van der Waals surface area contributed by atoms with Crippen LogP contribution in [0.1, 0.15) is 149 Å². The van der Waals surface area contributed by atoms with Gasteiger partial charge in [-0.25, -0.2) is 0 Å². The van der Waals surface area contributed by atoms with Crippen molar-refractivity contribution in [2.75, 3.05) is 13.1 Å². The van der Waals surface area contributed by atoms with Gasteiger partial charge >= 0.3 is 0 Å². The van der Waals surface area contributed by atoms with Crippen LogP contribution in [0, 0.1) is 0 Å². The molecule has 0 N–H and O–H groups in total. The first-order chi connectivity index (χ1) is 14.8. The largest absolute Gasteiger partial charge is 0.356 e. The maximum absolute atomic E-state index is 2.67. The van der Waals surface area contributed by atoms with E-state index in [2.05, 4.69) is 43.0 Å². The van der Waals surface area contributed by atoms with E-state index in [1.807, 2.05) is 0 Å². The highest BCUT2D eigenvalue weighted by Gasteiger charge is 2.24. The Morgan fingerprint density at radius 3 is 1.23 bits per heavy atom.